The number of benzene rings is 1. The van der Waals surface area contributed by atoms with Gasteiger partial charge in [0.2, 0.25) is 0 Å². The molecule has 1 aromatic carbocycles. The molecule has 2 aromatic heterocycles. The molecular formula is C20H15F7N4O3. The fraction of sp³-hybridized carbons (Fsp3) is 0.300. The highest BCUT2D eigenvalue weighted by molar-refractivity contribution is 5.90. The Bertz CT molecular complexity index is 1220. The molecule has 0 amide bonds. The van der Waals surface area contributed by atoms with Gasteiger partial charge in [-0.1, -0.05) is 0 Å². The molecule has 3 aromatic rings. The molecule has 0 aliphatic carbocycles. The molecule has 14 heteroatoms. The molecule has 0 radical (unpaired) electrons. The zero-order valence-corrected chi connectivity index (χ0v) is 16.9. The number of hydrogen-bond acceptors (Lipinski definition) is 6. The van der Waals surface area contributed by atoms with Gasteiger partial charge in [-0.3, -0.25) is 0 Å². The third-order valence-electron chi connectivity index (χ3n) is 5.11. The van der Waals surface area contributed by atoms with Crippen LogP contribution in [0, 0.1) is 17.0 Å². The first-order chi connectivity index (χ1) is 16.0. The van der Waals surface area contributed by atoms with Crippen LogP contribution >= 0.6 is 0 Å². The number of aliphatic imine (C=N–C) groups is 1. The second-order valence-electron chi connectivity index (χ2n) is 7.46. The number of aromatic amines is 1. The Morgan fingerprint density at radius 1 is 1.24 bits per heavy atom. The van der Waals surface area contributed by atoms with Crippen LogP contribution in [0.3, 0.4) is 0 Å². The van der Waals surface area contributed by atoms with E-state index in [-0.39, 0.29) is 17.4 Å². The van der Waals surface area contributed by atoms with Crippen molar-refractivity contribution in [3.05, 3.63) is 47.8 Å². The summed E-state index contributed by atoms with van der Waals surface area (Å²) < 4.78 is 106. The molecule has 0 saturated carbocycles. The molecular weight excluding hydrogens is 477 g/mol. The summed E-state index contributed by atoms with van der Waals surface area (Å²) in [6.45, 7) is -1.96. The molecule has 0 spiro atoms. The van der Waals surface area contributed by atoms with Crippen molar-refractivity contribution in [1.82, 2.24) is 9.97 Å². The van der Waals surface area contributed by atoms with Crippen LogP contribution < -0.4 is 10.1 Å². The van der Waals surface area contributed by atoms with Crippen molar-refractivity contribution in [2.24, 2.45) is 10.4 Å². The van der Waals surface area contributed by atoms with Crippen molar-refractivity contribution in [2.45, 2.75) is 12.6 Å². The number of nitrogens with one attached hydrogen (secondary N) is 2. The van der Waals surface area contributed by atoms with Gasteiger partial charge in [-0.15, -0.1) is 0 Å². The number of H-pyrrole nitrogens is 1. The smallest absolute Gasteiger partial charge is 0.418 e. The van der Waals surface area contributed by atoms with Gasteiger partial charge in [0.15, 0.2) is 17.4 Å². The maximum absolute atomic E-state index is 14.6. The lowest BCUT2D eigenvalue weighted by atomic mass is 9.90. The summed E-state index contributed by atoms with van der Waals surface area (Å²) in [5.41, 5.74) is -3.44. The summed E-state index contributed by atoms with van der Waals surface area (Å²) in [7, 11) is 0. The van der Waals surface area contributed by atoms with Gasteiger partial charge in [0.25, 0.3) is 12.4 Å². The highest BCUT2D eigenvalue weighted by Gasteiger charge is 2.43. The number of hydrogen-bond donors (Lipinski definition) is 3. The van der Waals surface area contributed by atoms with E-state index in [1.807, 2.05) is 0 Å². The Morgan fingerprint density at radius 3 is 2.50 bits per heavy atom. The second kappa shape index (κ2) is 8.66. The molecule has 182 valence electrons. The van der Waals surface area contributed by atoms with E-state index in [0.717, 1.165) is 24.4 Å². The fourth-order valence-corrected chi connectivity index (χ4v) is 3.20. The maximum Gasteiger partial charge on any atom is 0.418 e. The number of aliphatic hydroxyl groups excluding tert-OH is 1. The lowest BCUT2D eigenvalue weighted by Crippen LogP contribution is -2.46. The van der Waals surface area contributed by atoms with Gasteiger partial charge in [0.05, 0.1) is 24.1 Å². The molecule has 0 unspecified atom stereocenters. The average molecular weight is 492 g/mol. The number of aliphatic hydroxyl groups is 1. The number of aromatic nitrogens is 2. The van der Waals surface area contributed by atoms with Crippen LogP contribution in [0.5, 0.6) is 11.5 Å². The summed E-state index contributed by atoms with van der Waals surface area (Å²) in [5, 5.41) is 11.1. The zero-order valence-electron chi connectivity index (χ0n) is 16.9. The number of ether oxygens (including phenoxy) is 2. The van der Waals surface area contributed by atoms with E-state index in [9.17, 15) is 35.8 Å². The molecule has 1 aliphatic heterocycles. The molecule has 0 bridgehead atoms. The minimum absolute atomic E-state index is 0.195. The summed E-state index contributed by atoms with van der Waals surface area (Å²) in [5.74, 6) is -4.00. The summed E-state index contributed by atoms with van der Waals surface area (Å²) in [6.07, 6.45) is -5.92. The van der Waals surface area contributed by atoms with E-state index >= 15 is 0 Å². The first-order valence-corrected chi connectivity index (χ1v) is 9.57. The lowest BCUT2D eigenvalue weighted by Gasteiger charge is -2.32. The monoisotopic (exact) mass is 492 g/mol. The standard InChI is InChI=1S/C20H15F7N4O3/c21-11-3-9(31-18-30-6-19(7-32,8-33-18)17(23)24)4-12(22)15(11)34-13-1-2-28-16-14(13)10(5-29-16)20(25,26)27/h1-5,17,32H,6-8H2,(H,28,29)(H,30,31)/t19-/m1/s1. The molecule has 34 heavy (non-hydrogen) atoms. The Morgan fingerprint density at radius 2 is 1.94 bits per heavy atom. The number of nitrogens with zero attached hydrogens (tertiary/aromatic N) is 2. The van der Waals surface area contributed by atoms with Crippen molar-refractivity contribution >= 4 is 22.7 Å². The predicted molar refractivity (Wildman–Crippen MR) is 105 cm³/mol. The topological polar surface area (TPSA) is 91.8 Å². The average Bonchev–Trinajstić information content (AvgIpc) is 3.22. The third kappa shape index (κ3) is 4.32. The lowest BCUT2D eigenvalue weighted by molar-refractivity contribution is -0.136. The van der Waals surface area contributed by atoms with E-state index in [1.54, 1.807) is 0 Å². The highest BCUT2D eigenvalue weighted by atomic mass is 19.4. The number of halogens is 7. The van der Waals surface area contributed by atoms with Gasteiger partial charge in [-0.25, -0.2) is 27.5 Å². The molecule has 0 fully saturated rings. The van der Waals surface area contributed by atoms with Crippen molar-refractivity contribution in [2.75, 3.05) is 25.1 Å². The molecule has 7 nitrogen and oxygen atoms in total. The summed E-state index contributed by atoms with van der Waals surface area (Å²) in [4.78, 5) is 9.80. The molecule has 3 N–H and O–H groups in total. The molecule has 1 aliphatic rings. The van der Waals surface area contributed by atoms with Crippen LogP contribution in [-0.4, -0.2) is 47.3 Å². The first-order valence-electron chi connectivity index (χ1n) is 9.57. The Kier molecular flexibility index (Phi) is 6.02. The second-order valence-corrected chi connectivity index (χ2v) is 7.46. The number of anilines is 1. The van der Waals surface area contributed by atoms with E-state index in [4.69, 9.17) is 9.47 Å². The molecule has 1 atom stereocenters. The number of fused-ring (bicyclic) bond motifs is 1. The number of rotatable bonds is 5. The van der Waals surface area contributed by atoms with Gasteiger partial charge < -0.3 is 24.9 Å². The van der Waals surface area contributed by atoms with Gasteiger partial charge in [-0.2, -0.15) is 13.2 Å². The van der Waals surface area contributed by atoms with Gasteiger partial charge in [0.1, 0.15) is 23.4 Å². The normalized spacial score (nSPS) is 18.7. The first kappa shape index (κ1) is 23.6. The Labute approximate surface area is 186 Å². The zero-order chi connectivity index (χ0) is 24.7. The van der Waals surface area contributed by atoms with Crippen LogP contribution in [0.25, 0.3) is 11.0 Å². The maximum atomic E-state index is 14.6. The van der Waals surface area contributed by atoms with E-state index < -0.39 is 71.9 Å². The number of alkyl halides is 5. The quantitative estimate of drug-likeness (QED) is 0.450. The molecule has 4 rings (SSSR count). The van der Waals surface area contributed by atoms with Gasteiger partial charge >= 0.3 is 6.18 Å². The van der Waals surface area contributed by atoms with E-state index in [2.05, 4.69) is 20.3 Å². The van der Waals surface area contributed by atoms with E-state index in [1.165, 1.54) is 0 Å². The summed E-state index contributed by atoms with van der Waals surface area (Å²) in [6, 6.07) is 2.23. The largest absolute Gasteiger partial charge is 0.464 e. The van der Waals surface area contributed by atoms with Crippen LogP contribution in [0.4, 0.5) is 36.4 Å². The SMILES string of the molecule is OC[C@]1(C(F)F)CN=C(Nc2cc(F)c(Oc3ccnc4[nH]cc(C(F)(F)F)c34)c(F)c2)OC1. The van der Waals surface area contributed by atoms with Crippen molar-refractivity contribution in [3.8, 4) is 11.5 Å². The minimum Gasteiger partial charge on any atom is -0.464 e. The number of pyridine rings is 1. The number of amidine groups is 1. The minimum atomic E-state index is -4.77. The van der Waals surface area contributed by atoms with Crippen molar-refractivity contribution in [3.63, 3.8) is 0 Å². The van der Waals surface area contributed by atoms with Crippen molar-refractivity contribution < 1.29 is 45.3 Å². The van der Waals surface area contributed by atoms with Crippen LogP contribution in [-0.2, 0) is 10.9 Å². The highest BCUT2D eigenvalue weighted by Crippen LogP contribution is 2.41. The predicted octanol–water partition coefficient (Wildman–Crippen LogP) is 4.69. The van der Waals surface area contributed by atoms with Gasteiger partial charge in [-0.05, 0) is 6.07 Å². The third-order valence-corrected chi connectivity index (χ3v) is 5.11. The van der Waals surface area contributed by atoms with Crippen LogP contribution in [0.2, 0.25) is 0 Å². The van der Waals surface area contributed by atoms with Crippen molar-refractivity contribution in [1.29, 1.82) is 0 Å². The van der Waals surface area contributed by atoms with Gasteiger partial charge in [0, 0.05) is 30.2 Å². The van der Waals surface area contributed by atoms with E-state index in [0.29, 0.717) is 6.20 Å². The Hall–Kier alpha value is -3.55. The fourth-order valence-electron chi connectivity index (χ4n) is 3.20. The molecule has 3 heterocycles. The molecule has 0 saturated heterocycles. The Balaban J connectivity index is 1.59. The van der Waals surface area contributed by atoms with Crippen LogP contribution in [0.1, 0.15) is 5.56 Å². The summed E-state index contributed by atoms with van der Waals surface area (Å²) >= 11 is 0. The van der Waals surface area contributed by atoms with Crippen LogP contribution in [0.15, 0.2) is 35.6 Å².